The maximum atomic E-state index is 5.69. The van der Waals surface area contributed by atoms with Crippen molar-refractivity contribution < 1.29 is 0 Å². The molecule has 0 aromatic rings. The lowest BCUT2D eigenvalue weighted by Gasteiger charge is -2.21. The summed E-state index contributed by atoms with van der Waals surface area (Å²) in [6.07, 6.45) is 2.82. The Morgan fingerprint density at radius 2 is 2.30 bits per heavy atom. The number of fused-ring (bicyclic) bond motifs is 2. The quantitative estimate of drug-likeness (QED) is 0.567. The van der Waals surface area contributed by atoms with Gasteiger partial charge in [0.15, 0.2) is 0 Å². The van der Waals surface area contributed by atoms with E-state index < -0.39 is 0 Å². The standard InChI is InChI=1S/C8H16N2/c1-10-5-6-2-3-8(10)7(6)4-9/h6-8H,2-5,9H2,1H3/t6-,7+,8+/m1/s1. The Morgan fingerprint density at radius 3 is 2.60 bits per heavy atom. The summed E-state index contributed by atoms with van der Waals surface area (Å²) in [5, 5.41) is 0. The second-order valence-corrected chi connectivity index (χ2v) is 3.74. The Balaban J connectivity index is 2.11. The van der Waals surface area contributed by atoms with E-state index in [1.54, 1.807) is 0 Å². The molecule has 1 heterocycles. The van der Waals surface area contributed by atoms with Crippen molar-refractivity contribution in [3.8, 4) is 0 Å². The first kappa shape index (κ1) is 6.62. The predicted molar refractivity (Wildman–Crippen MR) is 41.7 cm³/mol. The van der Waals surface area contributed by atoms with Crippen LogP contribution < -0.4 is 5.73 Å². The Bertz CT molecular complexity index is 135. The summed E-state index contributed by atoms with van der Waals surface area (Å²) in [5.74, 6) is 1.75. The number of nitrogens with two attached hydrogens (primary N) is 1. The molecule has 1 saturated heterocycles. The van der Waals surface area contributed by atoms with Gasteiger partial charge in [0, 0.05) is 12.6 Å². The number of piperidine rings is 1. The SMILES string of the molecule is CN1C[C@H]2CC[C@H]1[C@H]2CN. The maximum absolute atomic E-state index is 5.69. The van der Waals surface area contributed by atoms with Gasteiger partial charge in [-0.3, -0.25) is 0 Å². The van der Waals surface area contributed by atoms with E-state index in [2.05, 4.69) is 11.9 Å². The average molecular weight is 140 g/mol. The van der Waals surface area contributed by atoms with E-state index in [1.807, 2.05) is 0 Å². The molecule has 2 N–H and O–H groups in total. The molecular weight excluding hydrogens is 124 g/mol. The third-order valence-electron chi connectivity index (χ3n) is 3.29. The number of hydrogen-bond acceptors (Lipinski definition) is 2. The highest BCUT2D eigenvalue weighted by Gasteiger charge is 2.43. The largest absolute Gasteiger partial charge is 0.330 e. The lowest BCUT2D eigenvalue weighted by atomic mass is 9.99. The van der Waals surface area contributed by atoms with Crippen molar-refractivity contribution in [2.45, 2.75) is 18.9 Å². The molecule has 1 saturated carbocycles. The smallest absolute Gasteiger partial charge is 0.0136 e. The molecule has 2 bridgehead atoms. The Morgan fingerprint density at radius 1 is 1.50 bits per heavy atom. The van der Waals surface area contributed by atoms with Crippen LogP contribution >= 0.6 is 0 Å². The monoisotopic (exact) mass is 140 g/mol. The van der Waals surface area contributed by atoms with Gasteiger partial charge < -0.3 is 10.6 Å². The van der Waals surface area contributed by atoms with Gasteiger partial charge in [0.2, 0.25) is 0 Å². The van der Waals surface area contributed by atoms with E-state index in [0.717, 1.165) is 24.4 Å². The molecule has 0 radical (unpaired) electrons. The number of hydrogen-bond donors (Lipinski definition) is 1. The summed E-state index contributed by atoms with van der Waals surface area (Å²) in [6.45, 7) is 2.20. The highest BCUT2D eigenvalue weighted by molar-refractivity contribution is 4.97. The number of nitrogens with zero attached hydrogens (tertiary/aromatic N) is 1. The highest BCUT2D eigenvalue weighted by atomic mass is 15.2. The van der Waals surface area contributed by atoms with Crippen molar-refractivity contribution >= 4 is 0 Å². The fraction of sp³-hybridized carbons (Fsp3) is 1.00. The zero-order valence-corrected chi connectivity index (χ0v) is 6.59. The van der Waals surface area contributed by atoms with Gasteiger partial charge in [-0.05, 0) is 38.3 Å². The molecule has 0 unspecified atom stereocenters. The normalized spacial score (nSPS) is 46.8. The van der Waals surface area contributed by atoms with Crippen LogP contribution in [-0.2, 0) is 0 Å². The molecule has 2 rings (SSSR count). The summed E-state index contributed by atoms with van der Waals surface area (Å²) in [5.41, 5.74) is 5.69. The zero-order chi connectivity index (χ0) is 7.14. The topological polar surface area (TPSA) is 29.3 Å². The van der Waals surface area contributed by atoms with E-state index in [4.69, 9.17) is 5.73 Å². The number of likely N-dealkylation sites (tertiary alicyclic amines) is 1. The number of rotatable bonds is 1. The van der Waals surface area contributed by atoms with Crippen LogP contribution in [0.4, 0.5) is 0 Å². The first-order valence-corrected chi connectivity index (χ1v) is 4.23. The van der Waals surface area contributed by atoms with Crippen molar-refractivity contribution in [3.05, 3.63) is 0 Å². The molecule has 0 amide bonds. The molecule has 0 spiro atoms. The average Bonchev–Trinajstić information content (AvgIpc) is 2.42. The van der Waals surface area contributed by atoms with Crippen molar-refractivity contribution in [1.82, 2.24) is 4.90 Å². The molecule has 2 fully saturated rings. The zero-order valence-electron chi connectivity index (χ0n) is 6.59. The molecule has 58 valence electrons. The molecular formula is C8H16N2. The van der Waals surface area contributed by atoms with Gasteiger partial charge in [-0.2, -0.15) is 0 Å². The van der Waals surface area contributed by atoms with Gasteiger partial charge in [-0.15, -0.1) is 0 Å². The third-order valence-corrected chi connectivity index (χ3v) is 3.29. The van der Waals surface area contributed by atoms with Gasteiger partial charge in [0.25, 0.3) is 0 Å². The second-order valence-electron chi connectivity index (χ2n) is 3.74. The van der Waals surface area contributed by atoms with E-state index in [1.165, 1.54) is 19.4 Å². The predicted octanol–water partition coefficient (Wildman–Crippen LogP) is 0.285. The molecule has 2 nitrogen and oxygen atoms in total. The first-order valence-electron chi connectivity index (χ1n) is 4.23. The maximum Gasteiger partial charge on any atom is 0.0136 e. The molecule has 3 atom stereocenters. The van der Waals surface area contributed by atoms with E-state index in [0.29, 0.717) is 0 Å². The molecule has 2 aliphatic rings. The van der Waals surface area contributed by atoms with E-state index >= 15 is 0 Å². The van der Waals surface area contributed by atoms with Crippen LogP contribution in [0.2, 0.25) is 0 Å². The van der Waals surface area contributed by atoms with Crippen molar-refractivity contribution in [2.24, 2.45) is 17.6 Å². The Kier molecular flexibility index (Phi) is 1.46. The minimum absolute atomic E-state index is 0.824. The minimum Gasteiger partial charge on any atom is -0.330 e. The molecule has 10 heavy (non-hydrogen) atoms. The molecule has 0 aromatic carbocycles. The van der Waals surface area contributed by atoms with Crippen molar-refractivity contribution in [3.63, 3.8) is 0 Å². The van der Waals surface area contributed by atoms with Crippen LogP contribution in [-0.4, -0.2) is 31.1 Å². The Hall–Kier alpha value is -0.0800. The summed E-state index contributed by atoms with van der Waals surface area (Å²) in [6, 6.07) is 0.829. The van der Waals surface area contributed by atoms with Crippen LogP contribution in [0.15, 0.2) is 0 Å². The van der Waals surface area contributed by atoms with Crippen molar-refractivity contribution in [2.75, 3.05) is 20.1 Å². The Labute approximate surface area is 62.4 Å². The lowest BCUT2D eigenvalue weighted by Crippen LogP contribution is -2.30. The summed E-state index contributed by atoms with van der Waals surface area (Å²) in [7, 11) is 2.23. The molecule has 2 heteroatoms. The van der Waals surface area contributed by atoms with Gasteiger partial charge in [-0.1, -0.05) is 0 Å². The van der Waals surface area contributed by atoms with Crippen LogP contribution in [0.1, 0.15) is 12.8 Å². The third kappa shape index (κ3) is 0.722. The molecule has 0 aromatic heterocycles. The van der Waals surface area contributed by atoms with Gasteiger partial charge in [0.05, 0.1) is 0 Å². The van der Waals surface area contributed by atoms with Gasteiger partial charge in [0.1, 0.15) is 0 Å². The van der Waals surface area contributed by atoms with E-state index in [-0.39, 0.29) is 0 Å². The van der Waals surface area contributed by atoms with Crippen LogP contribution in [0, 0.1) is 11.8 Å². The van der Waals surface area contributed by atoms with Crippen LogP contribution in [0.5, 0.6) is 0 Å². The first-order chi connectivity index (χ1) is 4.83. The fourth-order valence-electron chi connectivity index (χ4n) is 2.76. The van der Waals surface area contributed by atoms with Crippen LogP contribution in [0.25, 0.3) is 0 Å². The molecule has 1 aliphatic carbocycles. The lowest BCUT2D eigenvalue weighted by molar-refractivity contribution is 0.253. The molecule has 1 aliphatic heterocycles. The van der Waals surface area contributed by atoms with Crippen LogP contribution in [0.3, 0.4) is 0 Å². The summed E-state index contributed by atoms with van der Waals surface area (Å²) >= 11 is 0. The summed E-state index contributed by atoms with van der Waals surface area (Å²) < 4.78 is 0. The minimum atomic E-state index is 0.824. The highest BCUT2D eigenvalue weighted by Crippen LogP contribution is 2.40. The second kappa shape index (κ2) is 2.21. The van der Waals surface area contributed by atoms with Gasteiger partial charge in [-0.25, -0.2) is 0 Å². The van der Waals surface area contributed by atoms with E-state index in [9.17, 15) is 0 Å². The van der Waals surface area contributed by atoms with Crippen molar-refractivity contribution in [1.29, 1.82) is 0 Å². The summed E-state index contributed by atoms with van der Waals surface area (Å²) in [4.78, 5) is 2.48. The van der Waals surface area contributed by atoms with Gasteiger partial charge >= 0.3 is 0 Å². The fourth-order valence-corrected chi connectivity index (χ4v) is 2.76.